The number of ether oxygens (including phenoxy) is 3. The highest BCUT2D eigenvalue weighted by molar-refractivity contribution is 6.31. The Balaban J connectivity index is 1.75. The second-order valence-corrected chi connectivity index (χ2v) is 7.84. The SMILES string of the molecule is COC(=O)C1=C(COCCCOc2ccccc2O)N=C(C)C(C#N)C1c1ccccc1Cl. The number of rotatable bonds is 9. The van der Waals surface area contributed by atoms with Gasteiger partial charge in [-0.1, -0.05) is 41.9 Å². The molecule has 33 heavy (non-hydrogen) atoms. The van der Waals surface area contributed by atoms with E-state index in [0.29, 0.717) is 47.4 Å². The first-order chi connectivity index (χ1) is 16.0. The first-order valence-corrected chi connectivity index (χ1v) is 10.8. The molecule has 1 N–H and O–H groups in total. The van der Waals surface area contributed by atoms with Crippen molar-refractivity contribution in [3.8, 4) is 17.6 Å². The Hall–Kier alpha value is -3.34. The van der Waals surface area contributed by atoms with Gasteiger partial charge in [-0.25, -0.2) is 4.79 Å². The van der Waals surface area contributed by atoms with Crippen molar-refractivity contribution in [2.75, 3.05) is 26.9 Å². The zero-order valence-corrected chi connectivity index (χ0v) is 19.2. The Morgan fingerprint density at radius 2 is 1.91 bits per heavy atom. The normalized spacial score (nSPS) is 17.8. The van der Waals surface area contributed by atoms with Crippen molar-refractivity contribution in [1.29, 1.82) is 5.26 Å². The number of aromatic hydroxyl groups is 1. The quantitative estimate of drug-likeness (QED) is 0.424. The van der Waals surface area contributed by atoms with Gasteiger partial charge in [0.15, 0.2) is 11.5 Å². The Labute approximate surface area is 197 Å². The van der Waals surface area contributed by atoms with Gasteiger partial charge in [0.25, 0.3) is 0 Å². The van der Waals surface area contributed by atoms with E-state index in [1.165, 1.54) is 7.11 Å². The highest BCUT2D eigenvalue weighted by atomic mass is 35.5. The first kappa shape index (κ1) is 24.3. The molecule has 1 aliphatic heterocycles. The van der Waals surface area contributed by atoms with E-state index in [1.807, 2.05) is 6.07 Å². The first-order valence-electron chi connectivity index (χ1n) is 10.5. The van der Waals surface area contributed by atoms with Gasteiger partial charge in [0.05, 0.1) is 50.2 Å². The lowest BCUT2D eigenvalue weighted by Gasteiger charge is -2.30. The smallest absolute Gasteiger partial charge is 0.336 e. The van der Waals surface area contributed by atoms with Crippen molar-refractivity contribution in [2.45, 2.75) is 19.3 Å². The van der Waals surface area contributed by atoms with Crippen LogP contribution in [0.15, 0.2) is 64.8 Å². The third-order valence-corrected chi connectivity index (χ3v) is 5.64. The van der Waals surface area contributed by atoms with Crippen LogP contribution in [0.2, 0.25) is 5.02 Å². The zero-order chi connectivity index (χ0) is 23.8. The van der Waals surface area contributed by atoms with E-state index >= 15 is 0 Å². The number of nitriles is 1. The molecular formula is C25H25ClN2O5. The Morgan fingerprint density at radius 1 is 1.18 bits per heavy atom. The highest BCUT2D eigenvalue weighted by Gasteiger charge is 2.39. The van der Waals surface area contributed by atoms with Crippen LogP contribution in [0.1, 0.15) is 24.8 Å². The number of halogens is 1. The molecular weight excluding hydrogens is 444 g/mol. The fraction of sp³-hybridized carbons (Fsp3) is 0.320. The van der Waals surface area contributed by atoms with Crippen molar-refractivity contribution in [3.05, 3.63) is 70.4 Å². The number of hydrogen-bond acceptors (Lipinski definition) is 7. The number of phenolic OH excluding ortho intramolecular Hbond substituents is 1. The van der Waals surface area contributed by atoms with Crippen LogP contribution < -0.4 is 4.74 Å². The van der Waals surface area contributed by atoms with Crippen molar-refractivity contribution < 1.29 is 24.1 Å². The van der Waals surface area contributed by atoms with Crippen molar-refractivity contribution in [1.82, 2.24) is 0 Å². The summed E-state index contributed by atoms with van der Waals surface area (Å²) < 4.78 is 16.3. The molecule has 2 aromatic carbocycles. The van der Waals surface area contributed by atoms with Gasteiger partial charge in [0.1, 0.15) is 0 Å². The fourth-order valence-electron chi connectivity index (χ4n) is 3.72. The predicted molar refractivity (Wildman–Crippen MR) is 124 cm³/mol. The molecule has 0 fully saturated rings. The van der Waals surface area contributed by atoms with Crippen LogP contribution in [-0.4, -0.2) is 43.7 Å². The summed E-state index contributed by atoms with van der Waals surface area (Å²) in [5.41, 5.74) is 1.93. The number of methoxy groups -OCH3 is 1. The minimum atomic E-state index is -0.658. The minimum Gasteiger partial charge on any atom is -0.504 e. The number of carbonyl (C=O) groups excluding carboxylic acids is 1. The van der Waals surface area contributed by atoms with E-state index in [9.17, 15) is 15.2 Å². The molecule has 0 bridgehead atoms. The van der Waals surface area contributed by atoms with E-state index in [-0.39, 0.29) is 17.9 Å². The Bertz CT molecular complexity index is 1110. The van der Waals surface area contributed by atoms with Gasteiger partial charge < -0.3 is 19.3 Å². The molecule has 0 saturated heterocycles. The lowest BCUT2D eigenvalue weighted by Crippen LogP contribution is -2.30. The minimum absolute atomic E-state index is 0.0669. The van der Waals surface area contributed by atoms with Gasteiger partial charge in [0, 0.05) is 23.1 Å². The van der Waals surface area contributed by atoms with Gasteiger partial charge >= 0.3 is 5.97 Å². The molecule has 1 heterocycles. The summed E-state index contributed by atoms with van der Waals surface area (Å²) >= 11 is 6.42. The number of nitrogens with zero attached hydrogens (tertiary/aromatic N) is 2. The maximum absolute atomic E-state index is 12.8. The number of aliphatic imine (C=N–C) groups is 1. The number of carbonyl (C=O) groups is 1. The molecule has 8 heteroatoms. The number of esters is 1. The standard InChI is InChI=1S/C25H25ClN2O5/c1-16-18(14-27)23(17-8-3-4-9-19(17)26)24(25(30)31-2)20(28-16)15-32-12-7-13-33-22-11-6-5-10-21(22)29/h3-6,8-11,18,23,29H,7,12-13,15H2,1-2H3. The summed E-state index contributed by atoms with van der Waals surface area (Å²) in [5, 5.41) is 20.0. The molecule has 0 amide bonds. The molecule has 3 rings (SSSR count). The monoisotopic (exact) mass is 468 g/mol. The predicted octanol–water partition coefficient (Wildman–Crippen LogP) is 4.66. The lowest BCUT2D eigenvalue weighted by atomic mass is 9.76. The van der Waals surface area contributed by atoms with Crippen LogP contribution in [0, 0.1) is 17.2 Å². The summed E-state index contributed by atoms with van der Waals surface area (Å²) in [4.78, 5) is 17.3. The van der Waals surface area contributed by atoms with Gasteiger partial charge in [0.2, 0.25) is 0 Å². The number of benzene rings is 2. The average Bonchev–Trinajstić information content (AvgIpc) is 2.81. The topological polar surface area (TPSA) is 101 Å². The third kappa shape index (κ3) is 5.72. The van der Waals surface area contributed by atoms with Crippen LogP contribution in [0.5, 0.6) is 11.5 Å². The molecule has 7 nitrogen and oxygen atoms in total. The summed E-state index contributed by atoms with van der Waals surface area (Å²) in [6, 6.07) is 16.1. The van der Waals surface area contributed by atoms with E-state index in [2.05, 4.69) is 11.1 Å². The molecule has 2 unspecified atom stereocenters. The zero-order valence-electron chi connectivity index (χ0n) is 18.5. The summed E-state index contributed by atoms with van der Waals surface area (Å²) in [7, 11) is 1.29. The fourth-order valence-corrected chi connectivity index (χ4v) is 3.97. The van der Waals surface area contributed by atoms with E-state index < -0.39 is 17.8 Å². The van der Waals surface area contributed by atoms with Crippen LogP contribution in [0.3, 0.4) is 0 Å². The van der Waals surface area contributed by atoms with Gasteiger partial charge in [-0.15, -0.1) is 0 Å². The largest absolute Gasteiger partial charge is 0.504 e. The van der Waals surface area contributed by atoms with Crippen LogP contribution in [0.25, 0.3) is 0 Å². The Morgan fingerprint density at radius 3 is 2.61 bits per heavy atom. The second-order valence-electron chi connectivity index (χ2n) is 7.43. The van der Waals surface area contributed by atoms with Crippen LogP contribution >= 0.6 is 11.6 Å². The van der Waals surface area contributed by atoms with Crippen molar-refractivity contribution >= 4 is 23.3 Å². The number of hydrogen-bond donors (Lipinski definition) is 1. The molecule has 172 valence electrons. The van der Waals surface area contributed by atoms with Gasteiger partial charge in [-0.3, -0.25) is 4.99 Å². The molecule has 0 aromatic heterocycles. The molecule has 0 saturated carbocycles. The molecule has 2 aromatic rings. The maximum Gasteiger partial charge on any atom is 0.336 e. The van der Waals surface area contributed by atoms with Crippen LogP contribution in [0.4, 0.5) is 0 Å². The van der Waals surface area contributed by atoms with E-state index in [0.717, 1.165) is 0 Å². The molecule has 0 aliphatic carbocycles. The molecule has 0 spiro atoms. The van der Waals surface area contributed by atoms with Gasteiger partial charge in [-0.2, -0.15) is 5.26 Å². The van der Waals surface area contributed by atoms with E-state index in [4.69, 9.17) is 25.8 Å². The lowest BCUT2D eigenvalue weighted by molar-refractivity contribution is -0.136. The molecule has 2 atom stereocenters. The number of phenols is 1. The van der Waals surface area contributed by atoms with Crippen LogP contribution in [-0.2, 0) is 14.3 Å². The molecule has 0 radical (unpaired) electrons. The molecule has 1 aliphatic rings. The van der Waals surface area contributed by atoms with Crippen molar-refractivity contribution in [3.63, 3.8) is 0 Å². The summed E-state index contributed by atoms with van der Waals surface area (Å²) in [6.45, 7) is 2.52. The van der Waals surface area contributed by atoms with E-state index in [1.54, 1.807) is 49.4 Å². The highest BCUT2D eigenvalue weighted by Crippen LogP contribution is 2.41. The third-order valence-electron chi connectivity index (χ3n) is 5.30. The number of para-hydroxylation sites is 2. The Kier molecular flexibility index (Phi) is 8.47. The average molecular weight is 469 g/mol. The van der Waals surface area contributed by atoms with Gasteiger partial charge in [-0.05, 0) is 30.7 Å². The second kappa shape index (κ2) is 11.5. The summed E-state index contributed by atoms with van der Waals surface area (Å²) in [5.74, 6) is -1.36. The summed E-state index contributed by atoms with van der Waals surface area (Å²) in [6.07, 6.45) is 0.562. The van der Waals surface area contributed by atoms with Crippen molar-refractivity contribution in [2.24, 2.45) is 10.9 Å². The maximum atomic E-state index is 12.8.